The number of aromatic nitrogens is 2. The van der Waals surface area contributed by atoms with E-state index in [1.54, 1.807) is 30.7 Å². The zero-order valence-electron chi connectivity index (χ0n) is 13.6. The number of carbonyl (C=O) groups is 2. The molecule has 7 heteroatoms. The molecule has 0 saturated carbocycles. The Morgan fingerprint density at radius 1 is 1.32 bits per heavy atom. The van der Waals surface area contributed by atoms with Crippen molar-refractivity contribution >= 4 is 17.5 Å². The van der Waals surface area contributed by atoms with Crippen LogP contribution in [0.2, 0.25) is 0 Å². The maximum atomic E-state index is 12.9. The molecule has 0 radical (unpaired) electrons. The topological polar surface area (TPSA) is 84.4 Å². The normalized spacial score (nSPS) is 19.6. The van der Waals surface area contributed by atoms with Gasteiger partial charge in [-0.1, -0.05) is 0 Å². The first-order valence-electron chi connectivity index (χ1n) is 8.32. The fraction of sp³-hybridized carbons (Fsp3) is 0.333. The first kappa shape index (κ1) is 15.6. The molecule has 128 valence electrons. The van der Waals surface area contributed by atoms with Crippen molar-refractivity contribution in [2.45, 2.75) is 18.8 Å². The Labute approximate surface area is 145 Å². The van der Waals surface area contributed by atoms with Crippen molar-refractivity contribution in [2.24, 2.45) is 0 Å². The SMILES string of the molecule is O=C1COc2ccc(C(=O)N3CCCC(c4ccncn4)C3)cc2N1. The lowest BCUT2D eigenvalue weighted by atomic mass is 9.94. The zero-order chi connectivity index (χ0) is 17.2. The number of hydrogen-bond acceptors (Lipinski definition) is 5. The van der Waals surface area contributed by atoms with Crippen LogP contribution in [0.3, 0.4) is 0 Å². The van der Waals surface area contributed by atoms with E-state index in [0.29, 0.717) is 23.5 Å². The molecule has 1 aromatic heterocycles. The molecule has 25 heavy (non-hydrogen) atoms. The van der Waals surface area contributed by atoms with Crippen molar-refractivity contribution in [2.75, 3.05) is 25.0 Å². The minimum absolute atomic E-state index is 0.00698. The second-order valence-corrected chi connectivity index (χ2v) is 6.27. The first-order chi connectivity index (χ1) is 12.2. The first-order valence-corrected chi connectivity index (χ1v) is 8.32. The number of benzene rings is 1. The number of ether oxygens (including phenoxy) is 1. The van der Waals surface area contributed by atoms with Gasteiger partial charge < -0.3 is 15.0 Å². The van der Waals surface area contributed by atoms with E-state index in [2.05, 4.69) is 15.3 Å². The van der Waals surface area contributed by atoms with E-state index in [1.165, 1.54) is 0 Å². The van der Waals surface area contributed by atoms with Gasteiger partial charge in [0.2, 0.25) is 0 Å². The summed E-state index contributed by atoms with van der Waals surface area (Å²) in [7, 11) is 0. The predicted octanol–water partition coefficient (Wildman–Crippen LogP) is 1.83. The van der Waals surface area contributed by atoms with Crippen LogP contribution in [0, 0.1) is 0 Å². The lowest BCUT2D eigenvalue weighted by molar-refractivity contribution is -0.118. The standard InChI is InChI=1S/C18H18N4O3/c23-17-10-25-16-4-3-12(8-15(16)21-17)18(24)22-7-1-2-13(9-22)14-5-6-19-11-20-14/h3-6,8,11,13H,1-2,7,9-10H2,(H,21,23). The van der Waals surface area contributed by atoms with Crippen LogP contribution < -0.4 is 10.1 Å². The highest BCUT2D eigenvalue weighted by Gasteiger charge is 2.27. The van der Waals surface area contributed by atoms with E-state index in [9.17, 15) is 9.59 Å². The lowest BCUT2D eigenvalue weighted by Crippen LogP contribution is -2.39. The van der Waals surface area contributed by atoms with Crippen LogP contribution in [0.1, 0.15) is 34.8 Å². The van der Waals surface area contributed by atoms with Crippen LogP contribution in [0.4, 0.5) is 5.69 Å². The number of amides is 2. The Morgan fingerprint density at radius 3 is 3.08 bits per heavy atom. The molecule has 1 atom stereocenters. The van der Waals surface area contributed by atoms with Gasteiger partial charge in [-0.05, 0) is 37.1 Å². The molecule has 3 heterocycles. The van der Waals surface area contributed by atoms with Gasteiger partial charge in [-0.2, -0.15) is 0 Å². The molecule has 2 aliphatic heterocycles. The van der Waals surface area contributed by atoms with E-state index in [-0.39, 0.29) is 24.3 Å². The summed E-state index contributed by atoms with van der Waals surface area (Å²) in [6, 6.07) is 7.06. The van der Waals surface area contributed by atoms with Crippen molar-refractivity contribution in [3.8, 4) is 5.75 Å². The lowest BCUT2D eigenvalue weighted by Gasteiger charge is -2.32. The van der Waals surface area contributed by atoms with Gasteiger partial charge in [-0.3, -0.25) is 9.59 Å². The molecule has 0 bridgehead atoms. The average Bonchev–Trinajstić information content (AvgIpc) is 2.67. The number of nitrogens with one attached hydrogen (secondary N) is 1. The molecule has 2 amide bonds. The maximum absolute atomic E-state index is 12.9. The molecule has 7 nitrogen and oxygen atoms in total. The second-order valence-electron chi connectivity index (χ2n) is 6.27. The maximum Gasteiger partial charge on any atom is 0.262 e. The third-order valence-electron chi connectivity index (χ3n) is 4.59. The third-order valence-corrected chi connectivity index (χ3v) is 4.59. The summed E-state index contributed by atoms with van der Waals surface area (Å²) < 4.78 is 5.34. The molecule has 1 N–H and O–H groups in total. The van der Waals surface area contributed by atoms with E-state index < -0.39 is 0 Å². The van der Waals surface area contributed by atoms with Crippen molar-refractivity contribution < 1.29 is 14.3 Å². The van der Waals surface area contributed by atoms with Gasteiger partial charge in [0.25, 0.3) is 11.8 Å². The number of likely N-dealkylation sites (tertiary alicyclic amines) is 1. The molecule has 1 fully saturated rings. The average molecular weight is 338 g/mol. The zero-order valence-corrected chi connectivity index (χ0v) is 13.6. The van der Waals surface area contributed by atoms with E-state index in [1.807, 2.05) is 11.0 Å². The number of hydrogen-bond donors (Lipinski definition) is 1. The molecule has 2 aromatic rings. The monoisotopic (exact) mass is 338 g/mol. The van der Waals surface area contributed by atoms with Gasteiger partial charge in [0.1, 0.15) is 12.1 Å². The molecular weight excluding hydrogens is 320 g/mol. The van der Waals surface area contributed by atoms with E-state index >= 15 is 0 Å². The number of piperidine rings is 1. The number of nitrogens with zero attached hydrogens (tertiary/aromatic N) is 3. The fourth-order valence-electron chi connectivity index (χ4n) is 3.34. The van der Waals surface area contributed by atoms with Crippen LogP contribution in [0.5, 0.6) is 5.75 Å². The van der Waals surface area contributed by atoms with Gasteiger partial charge >= 0.3 is 0 Å². The summed E-state index contributed by atoms with van der Waals surface area (Å²) in [6.45, 7) is 1.36. The van der Waals surface area contributed by atoms with Crippen LogP contribution in [0.15, 0.2) is 36.8 Å². The predicted molar refractivity (Wildman–Crippen MR) is 90.5 cm³/mol. The highest BCUT2D eigenvalue weighted by Crippen LogP contribution is 2.30. The number of anilines is 1. The van der Waals surface area contributed by atoms with E-state index in [4.69, 9.17) is 4.74 Å². The molecule has 2 aliphatic rings. The number of rotatable bonds is 2. The summed E-state index contributed by atoms with van der Waals surface area (Å²) in [5, 5.41) is 2.74. The van der Waals surface area contributed by atoms with Crippen LogP contribution in [-0.2, 0) is 4.79 Å². The molecule has 0 spiro atoms. The van der Waals surface area contributed by atoms with Gasteiger partial charge in [-0.15, -0.1) is 0 Å². The van der Waals surface area contributed by atoms with Gasteiger partial charge in [0.05, 0.1) is 5.69 Å². The van der Waals surface area contributed by atoms with Crippen molar-refractivity contribution in [1.82, 2.24) is 14.9 Å². The largest absolute Gasteiger partial charge is 0.482 e. The Bertz CT molecular complexity index is 809. The fourth-order valence-corrected chi connectivity index (χ4v) is 3.34. The summed E-state index contributed by atoms with van der Waals surface area (Å²) >= 11 is 0. The minimum atomic E-state index is -0.209. The minimum Gasteiger partial charge on any atom is -0.482 e. The van der Waals surface area contributed by atoms with Gasteiger partial charge in [0, 0.05) is 36.5 Å². The Hall–Kier alpha value is -2.96. The summed E-state index contributed by atoms with van der Waals surface area (Å²) in [6.07, 6.45) is 5.22. The number of fused-ring (bicyclic) bond motifs is 1. The molecule has 1 aromatic carbocycles. The molecule has 0 aliphatic carbocycles. The Balaban J connectivity index is 1.52. The van der Waals surface area contributed by atoms with Crippen molar-refractivity contribution in [3.05, 3.63) is 48.0 Å². The summed E-state index contributed by atoms with van der Waals surface area (Å²) in [5.74, 6) is 0.565. The van der Waals surface area contributed by atoms with Crippen LogP contribution in [-0.4, -0.2) is 46.4 Å². The van der Waals surface area contributed by atoms with Crippen LogP contribution in [0.25, 0.3) is 0 Å². The van der Waals surface area contributed by atoms with Gasteiger partial charge in [0.15, 0.2) is 6.61 Å². The molecule has 1 saturated heterocycles. The summed E-state index contributed by atoms with van der Waals surface area (Å²) in [5.41, 5.74) is 2.07. The number of carbonyl (C=O) groups excluding carboxylic acids is 2. The highest BCUT2D eigenvalue weighted by molar-refractivity contribution is 5.99. The van der Waals surface area contributed by atoms with Crippen LogP contribution >= 0.6 is 0 Å². The Kier molecular flexibility index (Phi) is 4.05. The van der Waals surface area contributed by atoms with Gasteiger partial charge in [-0.25, -0.2) is 9.97 Å². The summed E-state index contributed by atoms with van der Waals surface area (Å²) in [4.78, 5) is 34.5. The smallest absolute Gasteiger partial charge is 0.262 e. The third kappa shape index (κ3) is 3.17. The van der Waals surface area contributed by atoms with E-state index in [0.717, 1.165) is 25.1 Å². The quantitative estimate of drug-likeness (QED) is 0.903. The second kappa shape index (κ2) is 6.51. The molecule has 1 unspecified atom stereocenters. The highest BCUT2D eigenvalue weighted by atomic mass is 16.5. The van der Waals surface area contributed by atoms with Crippen molar-refractivity contribution in [1.29, 1.82) is 0 Å². The molecular formula is C18H18N4O3. The van der Waals surface area contributed by atoms with Crippen molar-refractivity contribution in [3.63, 3.8) is 0 Å². The molecule has 4 rings (SSSR count). The Morgan fingerprint density at radius 2 is 2.24 bits per heavy atom.